The van der Waals surface area contributed by atoms with Crippen molar-refractivity contribution < 1.29 is 0 Å². The van der Waals surface area contributed by atoms with Crippen molar-refractivity contribution in [2.24, 2.45) is 0 Å². The minimum atomic E-state index is 1.10. The minimum absolute atomic E-state index is 1.10. The summed E-state index contributed by atoms with van der Waals surface area (Å²) in [7, 11) is 0. The van der Waals surface area contributed by atoms with Gasteiger partial charge in [0, 0.05) is 16.8 Å². The van der Waals surface area contributed by atoms with Crippen molar-refractivity contribution >= 4 is 38.6 Å². The van der Waals surface area contributed by atoms with E-state index < -0.39 is 0 Å². The molecule has 0 bridgehead atoms. The lowest BCUT2D eigenvalue weighted by molar-refractivity contribution is 1.30. The van der Waals surface area contributed by atoms with Gasteiger partial charge in [-0.1, -0.05) is 206 Å². The van der Waals surface area contributed by atoms with Gasteiger partial charge in [-0.2, -0.15) is 0 Å². The lowest BCUT2D eigenvalue weighted by Gasteiger charge is -2.27. The summed E-state index contributed by atoms with van der Waals surface area (Å²) >= 11 is 0. The van der Waals surface area contributed by atoms with E-state index in [9.17, 15) is 0 Å². The molecule has 0 saturated heterocycles. The molecule has 0 N–H and O–H groups in total. The summed E-state index contributed by atoms with van der Waals surface area (Å²) < 4.78 is 0. The summed E-state index contributed by atoms with van der Waals surface area (Å²) in [5.74, 6) is 0. The van der Waals surface area contributed by atoms with Gasteiger partial charge in [0.1, 0.15) is 0 Å². The van der Waals surface area contributed by atoms with E-state index >= 15 is 0 Å². The minimum Gasteiger partial charge on any atom is -0.310 e. The topological polar surface area (TPSA) is 3.24 Å². The molecule has 0 amide bonds. The molecule has 0 fully saturated rings. The van der Waals surface area contributed by atoms with E-state index in [0.717, 1.165) is 22.6 Å². The third kappa shape index (κ3) is 6.26. The van der Waals surface area contributed by atoms with Gasteiger partial charge < -0.3 is 4.90 Å². The third-order valence-electron chi connectivity index (χ3n) is 11.0. The molecule has 10 aromatic rings. The Labute approximate surface area is 334 Å². The van der Waals surface area contributed by atoms with Gasteiger partial charge in [-0.15, -0.1) is 0 Å². The molecule has 268 valence electrons. The molecule has 57 heavy (non-hydrogen) atoms. The summed E-state index contributed by atoms with van der Waals surface area (Å²) in [6.45, 7) is 0. The van der Waals surface area contributed by atoms with Gasteiger partial charge in [0.15, 0.2) is 0 Å². The maximum absolute atomic E-state index is 2.37. The first-order valence-corrected chi connectivity index (χ1v) is 19.6. The average Bonchev–Trinajstić information content (AvgIpc) is 3.30. The fourth-order valence-electron chi connectivity index (χ4n) is 8.56. The monoisotopic (exact) mass is 725 g/mol. The van der Waals surface area contributed by atoms with Crippen molar-refractivity contribution in [1.82, 2.24) is 0 Å². The Balaban J connectivity index is 1.27. The lowest BCUT2D eigenvalue weighted by atomic mass is 9.77. The van der Waals surface area contributed by atoms with Crippen molar-refractivity contribution in [3.63, 3.8) is 0 Å². The number of benzene rings is 10. The molecule has 0 heterocycles. The van der Waals surface area contributed by atoms with E-state index in [-0.39, 0.29) is 0 Å². The second-order valence-corrected chi connectivity index (χ2v) is 14.4. The Kier molecular flexibility index (Phi) is 8.95. The van der Waals surface area contributed by atoms with Crippen molar-refractivity contribution in [2.75, 3.05) is 4.90 Å². The average molecular weight is 726 g/mol. The van der Waals surface area contributed by atoms with Crippen LogP contribution < -0.4 is 4.90 Å². The lowest BCUT2D eigenvalue weighted by Crippen LogP contribution is -2.10. The van der Waals surface area contributed by atoms with Crippen LogP contribution in [-0.2, 0) is 0 Å². The highest BCUT2D eigenvalue weighted by Crippen LogP contribution is 2.53. The van der Waals surface area contributed by atoms with Crippen LogP contribution in [0.2, 0.25) is 0 Å². The Morgan fingerprint density at radius 1 is 0.246 bits per heavy atom. The van der Waals surface area contributed by atoms with Gasteiger partial charge in [0.25, 0.3) is 0 Å². The van der Waals surface area contributed by atoms with E-state index in [0.29, 0.717) is 0 Å². The van der Waals surface area contributed by atoms with E-state index in [1.807, 2.05) is 0 Å². The van der Waals surface area contributed by atoms with Crippen LogP contribution in [-0.4, -0.2) is 0 Å². The van der Waals surface area contributed by atoms with Gasteiger partial charge in [0.05, 0.1) is 5.69 Å². The molecule has 0 aliphatic rings. The van der Waals surface area contributed by atoms with E-state index in [2.05, 4.69) is 241 Å². The Morgan fingerprint density at radius 2 is 0.667 bits per heavy atom. The highest BCUT2D eigenvalue weighted by molar-refractivity contribution is 6.22. The first-order valence-electron chi connectivity index (χ1n) is 19.6. The number of fused-ring (bicyclic) bond motifs is 2. The fraction of sp³-hybridized carbons (Fsp3) is 0. The second kappa shape index (κ2) is 15.0. The van der Waals surface area contributed by atoms with Crippen LogP contribution in [0.25, 0.3) is 77.2 Å². The van der Waals surface area contributed by atoms with Crippen LogP contribution in [0.3, 0.4) is 0 Å². The summed E-state index contributed by atoms with van der Waals surface area (Å²) in [5.41, 5.74) is 15.4. The maximum Gasteiger partial charge on any atom is 0.0540 e. The smallest absolute Gasteiger partial charge is 0.0540 e. The van der Waals surface area contributed by atoms with Crippen LogP contribution in [0.5, 0.6) is 0 Å². The third-order valence-corrected chi connectivity index (χ3v) is 11.0. The first kappa shape index (κ1) is 34.0. The van der Waals surface area contributed by atoms with Gasteiger partial charge in [0.2, 0.25) is 0 Å². The predicted molar refractivity (Wildman–Crippen MR) is 243 cm³/mol. The molecule has 0 spiro atoms. The Bertz CT molecular complexity index is 2950. The molecule has 0 unspecified atom stereocenters. The first-order chi connectivity index (χ1) is 28.3. The summed E-state index contributed by atoms with van der Waals surface area (Å²) in [6.07, 6.45) is 0. The molecule has 0 aromatic heterocycles. The molecule has 0 aliphatic carbocycles. The second-order valence-electron chi connectivity index (χ2n) is 14.4. The van der Waals surface area contributed by atoms with Gasteiger partial charge >= 0.3 is 0 Å². The molecule has 0 atom stereocenters. The standard InChI is InChI=1S/C56H39N/c1-6-21-42(22-7-1)52-50-34-19-33-49(41-36-38-47(39-37-41)57(46-30-14-5-15-31-46)51-35-18-29-40-20-16-17-32-48(40)51)56(50)55(45-27-12-4-13-28-45)54(44-25-10-3-11-26-44)53(52)43-23-8-2-9-24-43/h1-39H. The van der Waals surface area contributed by atoms with Crippen LogP contribution in [0, 0.1) is 0 Å². The molecule has 10 aromatic carbocycles. The van der Waals surface area contributed by atoms with Crippen LogP contribution >= 0.6 is 0 Å². The quantitative estimate of drug-likeness (QED) is 0.151. The number of anilines is 3. The molecular weight excluding hydrogens is 687 g/mol. The summed E-state index contributed by atoms with van der Waals surface area (Å²) in [4.78, 5) is 2.37. The normalized spacial score (nSPS) is 11.2. The zero-order valence-electron chi connectivity index (χ0n) is 31.5. The SMILES string of the molecule is c1ccc(-c2c(-c3ccccc3)c(-c3ccccc3)c3c(-c4ccc(N(c5ccccc5)c5cccc6ccccc56)cc4)cccc3c2-c2ccccc2)cc1. The maximum atomic E-state index is 2.37. The van der Waals surface area contributed by atoms with Crippen molar-refractivity contribution in [1.29, 1.82) is 0 Å². The Hall–Kier alpha value is -7.48. The van der Waals surface area contributed by atoms with Gasteiger partial charge in [-0.3, -0.25) is 0 Å². The molecule has 1 heteroatoms. The molecule has 0 radical (unpaired) electrons. The zero-order chi connectivity index (χ0) is 38.0. The highest BCUT2D eigenvalue weighted by atomic mass is 15.1. The molecule has 10 rings (SSSR count). The van der Waals surface area contributed by atoms with Crippen molar-refractivity contribution in [3.05, 3.63) is 237 Å². The molecule has 0 aliphatic heterocycles. The van der Waals surface area contributed by atoms with Gasteiger partial charge in [-0.25, -0.2) is 0 Å². The van der Waals surface area contributed by atoms with E-state index in [1.54, 1.807) is 0 Å². The number of para-hydroxylation sites is 1. The number of rotatable bonds is 8. The van der Waals surface area contributed by atoms with Crippen molar-refractivity contribution in [2.45, 2.75) is 0 Å². The summed E-state index contributed by atoms with van der Waals surface area (Å²) in [6, 6.07) is 85.6. The molecular formula is C56H39N. The highest BCUT2D eigenvalue weighted by Gasteiger charge is 2.26. The molecule has 1 nitrogen and oxygen atoms in total. The Morgan fingerprint density at radius 3 is 1.26 bits per heavy atom. The zero-order valence-corrected chi connectivity index (χ0v) is 31.5. The number of nitrogens with zero attached hydrogens (tertiary/aromatic N) is 1. The number of hydrogen-bond donors (Lipinski definition) is 0. The van der Waals surface area contributed by atoms with Gasteiger partial charge in [-0.05, 0) is 102 Å². The van der Waals surface area contributed by atoms with Crippen LogP contribution in [0.1, 0.15) is 0 Å². The molecule has 0 saturated carbocycles. The van der Waals surface area contributed by atoms with E-state index in [1.165, 1.54) is 71.6 Å². The predicted octanol–water partition coefficient (Wildman–Crippen LogP) is 15.8. The van der Waals surface area contributed by atoms with E-state index in [4.69, 9.17) is 0 Å². The van der Waals surface area contributed by atoms with Crippen molar-refractivity contribution in [3.8, 4) is 55.6 Å². The van der Waals surface area contributed by atoms with Crippen LogP contribution in [0.15, 0.2) is 237 Å². The van der Waals surface area contributed by atoms with Crippen LogP contribution in [0.4, 0.5) is 17.1 Å². The summed E-state index contributed by atoms with van der Waals surface area (Å²) in [5, 5.41) is 4.89. The number of hydrogen-bond acceptors (Lipinski definition) is 1. The largest absolute Gasteiger partial charge is 0.310 e. The fourth-order valence-corrected chi connectivity index (χ4v) is 8.56.